The highest BCUT2D eigenvalue weighted by molar-refractivity contribution is 5.95. The Labute approximate surface area is 104 Å². The molecule has 1 aromatic carbocycles. The van der Waals surface area contributed by atoms with E-state index in [4.69, 9.17) is 0 Å². The van der Waals surface area contributed by atoms with E-state index in [1.54, 1.807) is 35.4 Å². The molecule has 1 amide bonds. The van der Waals surface area contributed by atoms with Crippen LogP contribution in [-0.2, 0) is 4.79 Å². The number of carbonyl (C=O) groups excluding carboxylic acids is 1. The maximum absolute atomic E-state index is 11.6. The van der Waals surface area contributed by atoms with Gasteiger partial charge in [-0.3, -0.25) is 9.59 Å². The Balaban J connectivity index is 2.26. The molecule has 0 spiro atoms. The van der Waals surface area contributed by atoms with Gasteiger partial charge >= 0.3 is 0 Å². The lowest BCUT2D eigenvalue weighted by atomic mass is 10.1. The molecule has 1 aromatic heterocycles. The number of aromatic nitrogens is 1. The predicted octanol–water partition coefficient (Wildman–Crippen LogP) is 1.03. The van der Waals surface area contributed by atoms with Gasteiger partial charge in [-0.15, -0.1) is 0 Å². The maximum Gasteiger partial charge on any atom is 0.255 e. The lowest BCUT2D eigenvalue weighted by Gasteiger charge is -2.10. The number of pyridine rings is 1. The highest BCUT2D eigenvalue weighted by Gasteiger charge is 2.05. The van der Waals surface area contributed by atoms with Gasteiger partial charge in [-0.05, 0) is 43.7 Å². The molecule has 2 aromatic rings. The van der Waals surface area contributed by atoms with Crippen LogP contribution in [0.1, 0.15) is 0 Å². The average molecular weight is 245 g/mol. The summed E-state index contributed by atoms with van der Waals surface area (Å²) in [7, 11) is 3.67. The van der Waals surface area contributed by atoms with Gasteiger partial charge in [-0.2, -0.15) is 0 Å². The average Bonchev–Trinajstić information content (AvgIpc) is 2.27. The lowest BCUT2D eigenvalue weighted by Crippen LogP contribution is -2.27. The molecular weight excluding hydrogens is 230 g/mol. The number of fused-ring (bicyclic) bond motifs is 1. The number of amides is 1. The van der Waals surface area contributed by atoms with E-state index in [1.807, 2.05) is 14.1 Å². The number of rotatable bonds is 3. The van der Waals surface area contributed by atoms with Crippen molar-refractivity contribution in [2.45, 2.75) is 0 Å². The number of anilines is 1. The minimum Gasteiger partial charge on any atom is -0.329 e. The first-order valence-electron chi connectivity index (χ1n) is 5.62. The second kappa shape index (κ2) is 5.01. The van der Waals surface area contributed by atoms with E-state index in [1.165, 1.54) is 0 Å². The van der Waals surface area contributed by atoms with Gasteiger partial charge in [-0.1, -0.05) is 0 Å². The second-order valence-electron chi connectivity index (χ2n) is 4.39. The number of likely N-dealkylation sites (N-methyl/N-ethyl adjacent to an activating group) is 1. The zero-order valence-corrected chi connectivity index (χ0v) is 10.4. The predicted molar refractivity (Wildman–Crippen MR) is 71.8 cm³/mol. The van der Waals surface area contributed by atoms with Gasteiger partial charge < -0.3 is 15.2 Å². The zero-order chi connectivity index (χ0) is 13.1. The molecule has 5 heteroatoms. The van der Waals surface area contributed by atoms with E-state index in [-0.39, 0.29) is 11.5 Å². The normalized spacial score (nSPS) is 10.8. The molecule has 0 fully saturated rings. The quantitative estimate of drug-likeness (QED) is 0.848. The van der Waals surface area contributed by atoms with Crippen LogP contribution < -0.4 is 10.9 Å². The third-order valence-electron chi connectivity index (χ3n) is 2.52. The molecule has 0 aliphatic carbocycles. The van der Waals surface area contributed by atoms with Gasteiger partial charge in [-0.25, -0.2) is 0 Å². The van der Waals surface area contributed by atoms with E-state index >= 15 is 0 Å². The van der Waals surface area contributed by atoms with Crippen LogP contribution in [0.5, 0.6) is 0 Å². The fourth-order valence-corrected chi connectivity index (χ4v) is 1.76. The van der Waals surface area contributed by atoms with Crippen LogP contribution in [-0.4, -0.2) is 36.4 Å². The largest absolute Gasteiger partial charge is 0.329 e. The van der Waals surface area contributed by atoms with Crippen molar-refractivity contribution in [2.75, 3.05) is 26.0 Å². The number of nitrogens with zero attached hydrogens (tertiary/aromatic N) is 1. The maximum atomic E-state index is 11.6. The van der Waals surface area contributed by atoms with Crippen LogP contribution in [0.4, 0.5) is 5.69 Å². The molecular formula is C13H15N3O2. The topological polar surface area (TPSA) is 65.2 Å². The summed E-state index contributed by atoms with van der Waals surface area (Å²) in [6, 6.07) is 7.03. The minimum atomic E-state index is -0.126. The first-order valence-corrected chi connectivity index (χ1v) is 5.62. The number of carbonyl (C=O) groups is 1. The van der Waals surface area contributed by atoms with Gasteiger partial charge in [0.05, 0.1) is 6.54 Å². The summed E-state index contributed by atoms with van der Waals surface area (Å²) in [5.74, 6) is -0.0795. The van der Waals surface area contributed by atoms with Crippen LogP contribution in [0.2, 0.25) is 0 Å². The van der Waals surface area contributed by atoms with Gasteiger partial charge in [0.15, 0.2) is 0 Å². The van der Waals surface area contributed by atoms with E-state index in [9.17, 15) is 9.59 Å². The molecule has 0 unspecified atom stereocenters. The van der Waals surface area contributed by atoms with Crippen LogP contribution in [0.25, 0.3) is 10.8 Å². The SMILES string of the molecule is CN(C)CC(=O)Nc1ccc2c(=O)[nH]ccc2c1. The summed E-state index contributed by atoms with van der Waals surface area (Å²) in [6.07, 6.45) is 1.59. The molecule has 18 heavy (non-hydrogen) atoms. The first-order chi connectivity index (χ1) is 8.56. The highest BCUT2D eigenvalue weighted by Crippen LogP contribution is 2.15. The van der Waals surface area contributed by atoms with Crippen molar-refractivity contribution in [1.29, 1.82) is 0 Å². The van der Waals surface area contributed by atoms with Crippen molar-refractivity contribution in [3.63, 3.8) is 0 Å². The zero-order valence-electron chi connectivity index (χ0n) is 10.4. The molecule has 0 aliphatic rings. The molecule has 0 saturated carbocycles. The van der Waals surface area contributed by atoms with Crippen molar-refractivity contribution in [2.24, 2.45) is 0 Å². The van der Waals surface area contributed by atoms with E-state index < -0.39 is 0 Å². The Morgan fingerprint density at radius 2 is 2.11 bits per heavy atom. The van der Waals surface area contributed by atoms with Crippen LogP contribution in [0, 0.1) is 0 Å². The smallest absolute Gasteiger partial charge is 0.255 e. The monoisotopic (exact) mass is 245 g/mol. The van der Waals surface area contributed by atoms with Crippen molar-refractivity contribution < 1.29 is 4.79 Å². The van der Waals surface area contributed by atoms with Crippen molar-refractivity contribution in [3.8, 4) is 0 Å². The van der Waals surface area contributed by atoms with Crippen molar-refractivity contribution in [3.05, 3.63) is 40.8 Å². The Bertz CT molecular complexity index is 631. The second-order valence-corrected chi connectivity index (χ2v) is 4.39. The third-order valence-corrected chi connectivity index (χ3v) is 2.52. The van der Waals surface area contributed by atoms with Crippen LogP contribution in [0.3, 0.4) is 0 Å². The Hall–Kier alpha value is -2.14. The first kappa shape index (κ1) is 12.3. The summed E-state index contributed by atoms with van der Waals surface area (Å²) in [6.45, 7) is 0.327. The standard InChI is InChI=1S/C13H15N3O2/c1-16(2)8-12(17)15-10-3-4-11-9(7-10)5-6-14-13(11)18/h3-7H,8H2,1-2H3,(H,14,18)(H,15,17). The Morgan fingerprint density at radius 3 is 2.83 bits per heavy atom. The molecule has 2 N–H and O–H groups in total. The summed E-state index contributed by atoms with van der Waals surface area (Å²) >= 11 is 0. The molecule has 1 heterocycles. The van der Waals surface area contributed by atoms with Crippen LogP contribution in [0.15, 0.2) is 35.3 Å². The molecule has 2 rings (SSSR count). The number of hydrogen-bond donors (Lipinski definition) is 2. The van der Waals surface area contributed by atoms with Gasteiger partial charge in [0.25, 0.3) is 5.56 Å². The number of H-pyrrole nitrogens is 1. The molecule has 0 aliphatic heterocycles. The van der Waals surface area contributed by atoms with E-state index in [0.717, 1.165) is 5.39 Å². The number of nitrogens with one attached hydrogen (secondary N) is 2. The molecule has 0 radical (unpaired) electrons. The summed E-state index contributed by atoms with van der Waals surface area (Å²) in [4.78, 5) is 27.5. The Morgan fingerprint density at radius 1 is 1.33 bits per heavy atom. The fourth-order valence-electron chi connectivity index (χ4n) is 1.76. The molecule has 5 nitrogen and oxygen atoms in total. The molecule has 0 atom stereocenters. The number of benzene rings is 1. The van der Waals surface area contributed by atoms with Crippen LogP contribution >= 0.6 is 0 Å². The van der Waals surface area contributed by atoms with Gasteiger partial charge in [0, 0.05) is 17.3 Å². The molecule has 94 valence electrons. The number of hydrogen-bond acceptors (Lipinski definition) is 3. The van der Waals surface area contributed by atoms with E-state index in [0.29, 0.717) is 17.6 Å². The van der Waals surface area contributed by atoms with Crippen molar-refractivity contribution >= 4 is 22.4 Å². The fraction of sp³-hybridized carbons (Fsp3) is 0.231. The summed E-state index contributed by atoms with van der Waals surface area (Å²) < 4.78 is 0. The van der Waals surface area contributed by atoms with Gasteiger partial charge in [0.2, 0.25) is 5.91 Å². The number of aromatic amines is 1. The molecule has 0 bridgehead atoms. The summed E-state index contributed by atoms with van der Waals surface area (Å²) in [5.41, 5.74) is 0.568. The van der Waals surface area contributed by atoms with E-state index in [2.05, 4.69) is 10.3 Å². The molecule has 0 saturated heterocycles. The van der Waals surface area contributed by atoms with Gasteiger partial charge in [0.1, 0.15) is 0 Å². The highest BCUT2D eigenvalue weighted by atomic mass is 16.2. The minimum absolute atomic E-state index is 0.0795. The van der Waals surface area contributed by atoms with Crippen molar-refractivity contribution in [1.82, 2.24) is 9.88 Å². The Kier molecular flexibility index (Phi) is 3.43. The lowest BCUT2D eigenvalue weighted by molar-refractivity contribution is -0.116. The third kappa shape index (κ3) is 2.75. The summed E-state index contributed by atoms with van der Waals surface area (Å²) in [5, 5.41) is 4.21.